The molecular formula is C14H20FNO. The summed E-state index contributed by atoms with van der Waals surface area (Å²) >= 11 is 0. The predicted octanol–water partition coefficient (Wildman–Crippen LogP) is 3.28. The standard InChI is InChI=1S/C14H20FNO/c1-4-8-16-9-12-6-5-7-13(15)14(12)17-10-11(2)3/h5-7,16H,2,4,8-10H2,1,3H3. The quantitative estimate of drug-likeness (QED) is 0.580. The minimum absolute atomic E-state index is 0.318. The summed E-state index contributed by atoms with van der Waals surface area (Å²) in [6, 6.07) is 4.99. The van der Waals surface area contributed by atoms with Gasteiger partial charge in [0.25, 0.3) is 0 Å². The van der Waals surface area contributed by atoms with Gasteiger partial charge in [0.2, 0.25) is 0 Å². The van der Waals surface area contributed by atoms with Gasteiger partial charge in [-0.2, -0.15) is 0 Å². The molecule has 0 spiro atoms. The lowest BCUT2D eigenvalue weighted by Crippen LogP contribution is -2.15. The van der Waals surface area contributed by atoms with Crippen molar-refractivity contribution in [3.8, 4) is 5.75 Å². The zero-order valence-corrected chi connectivity index (χ0v) is 10.6. The number of rotatable bonds is 7. The van der Waals surface area contributed by atoms with E-state index in [0.29, 0.717) is 18.9 Å². The summed E-state index contributed by atoms with van der Waals surface area (Å²) in [5.41, 5.74) is 1.72. The summed E-state index contributed by atoms with van der Waals surface area (Å²) < 4.78 is 19.1. The van der Waals surface area contributed by atoms with Gasteiger partial charge in [0, 0.05) is 12.1 Å². The second-order valence-corrected chi connectivity index (χ2v) is 4.15. The Labute approximate surface area is 102 Å². The van der Waals surface area contributed by atoms with Gasteiger partial charge in [-0.15, -0.1) is 0 Å². The van der Waals surface area contributed by atoms with Gasteiger partial charge in [-0.1, -0.05) is 25.6 Å². The fourth-order valence-corrected chi connectivity index (χ4v) is 1.45. The fraction of sp³-hybridized carbons (Fsp3) is 0.429. The number of hydrogen-bond donors (Lipinski definition) is 1. The highest BCUT2D eigenvalue weighted by molar-refractivity contribution is 5.35. The van der Waals surface area contributed by atoms with Crippen molar-refractivity contribution in [3.63, 3.8) is 0 Å². The Bertz CT molecular complexity index is 376. The van der Waals surface area contributed by atoms with Crippen LogP contribution in [0.3, 0.4) is 0 Å². The third-order valence-electron chi connectivity index (χ3n) is 2.25. The Kier molecular flexibility index (Phi) is 5.70. The van der Waals surface area contributed by atoms with Crippen LogP contribution in [0.25, 0.3) is 0 Å². The Morgan fingerprint density at radius 3 is 2.88 bits per heavy atom. The molecule has 0 heterocycles. The largest absolute Gasteiger partial charge is 0.486 e. The Hall–Kier alpha value is -1.35. The summed E-state index contributed by atoms with van der Waals surface area (Å²) in [4.78, 5) is 0. The molecular weight excluding hydrogens is 217 g/mol. The summed E-state index contributed by atoms with van der Waals surface area (Å²) in [5, 5.41) is 3.24. The molecule has 0 bridgehead atoms. The first-order valence-electron chi connectivity index (χ1n) is 5.90. The highest BCUT2D eigenvalue weighted by Crippen LogP contribution is 2.23. The van der Waals surface area contributed by atoms with Crippen LogP contribution >= 0.6 is 0 Å². The molecule has 1 aromatic carbocycles. The van der Waals surface area contributed by atoms with E-state index in [1.165, 1.54) is 6.07 Å². The van der Waals surface area contributed by atoms with Crippen LogP contribution in [0.15, 0.2) is 30.4 Å². The van der Waals surface area contributed by atoms with Gasteiger partial charge in [0.15, 0.2) is 11.6 Å². The maximum atomic E-state index is 13.6. The summed E-state index contributed by atoms with van der Waals surface area (Å²) in [6.07, 6.45) is 1.05. The van der Waals surface area contributed by atoms with Gasteiger partial charge in [0.1, 0.15) is 6.61 Å². The molecule has 0 atom stereocenters. The Morgan fingerprint density at radius 1 is 1.47 bits per heavy atom. The van der Waals surface area contributed by atoms with E-state index in [0.717, 1.165) is 24.1 Å². The van der Waals surface area contributed by atoms with Gasteiger partial charge < -0.3 is 10.1 Å². The number of hydrogen-bond acceptors (Lipinski definition) is 2. The second-order valence-electron chi connectivity index (χ2n) is 4.15. The minimum Gasteiger partial charge on any atom is -0.486 e. The lowest BCUT2D eigenvalue weighted by Gasteiger charge is -2.12. The van der Waals surface area contributed by atoms with E-state index in [1.54, 1.807) is 6.07 Å². The van der Waals surface area contributed by atoms with Crippen molar-refractivity contribution >= 4 is 0 Å². The molecule has 0 saturated carbocycles. The van der Waals surface area contributed by atoms with E-state index in [1.807, 2.05) is 13.0 Å². The third-order valence-corrected chi connectivity index (χ3v) is 2.25. The van der Waals surface area contributed by atoms with Crippen molar-refractivity contribution in [2.75, 3.05) is 13.2 Å². The van der Waals surface area contributed by atoms with Crippen LogP contribution in [0.4, 0.5) is 4.39 Å². The van der Waals surface area contributed by atoms with Gasteiger partial charge in [-0.05, 0) is 31.5 Å². The highest BCUT2D eigenvalue weighted by atomic mass is 19.1. The maximum absolute atomic E-state index is 13.6. The number of para-hydroxylation sites is 1. The Morgan fingerprint density at radius 2 is 2.24 bits per heavy atom. The maximum Gasteiger partial charge on any atom is 0.165 e. The molecule has 94 valence electrons. The zero-order valence-electron chi connectivity index (χ0n) is 10.6. The van der Waals surface area contributed by atoms with E-state index >= 15 is 0 Å². The summed E-state index contributed by atoms with van der Waals surface area (Å²) in [7, 11) is 0. The summed E-state index contributed by atoms with van der Waals surface area (Å²) in [5.74, 6) is 0.0150. The zero-order chi connectivity index (χ0) is 12.7. The van der Waals surface area contributed by atoms with Gasteiger partial charge >= 0.3 is 0 Å². The fourth-order valence-electron chi connectivity index (χ4n) is 1.45. The van der Waals surface area contributed by atoms with E-state index in [9.17, 15) is 4.39 Å². The molecule has 17 heavy (non-hydrogen) atoms. The highest BCUT2D eigenvalue weighted by Gasteiger charge is 2.09. The van der Waals surface area contributed by atoms with E-state index < -0.39 is 0 Å². The topological polar surface area (TPSA) is 21.3 Å². The van der Waals surface area contributed by atoms with Gasteiger partial charge in [-0.3, -0.25) is 0 Å². The van der Waals surface area contributed by atoms with Crippen LogP contribution in [-0.2, 0) is 6.54 Å². The van der Waals surface area contributed by atoms with Gasteiger partial charge in [-0.25, -0.2) is 4.39 Å². The number of ether oxygens (including phenoxy) is 1. The van der Waals surface area contributed by atoms with Gasteiger partial charge in [0.05, 0.1) is 0 Å². The van der Waals surface area contributed by atoms with E-state index in [4.69, 9.17) is 4.74 Å². The first kappa shape index (κ1) is 13.7. The van der Waals surface area contributed by atoms with Crippen molar-refractivity contribution < 1.29 is 9.13 Å². The number of nitrogens with one attached hydrogen (secondary N) is 1. The molecule has 0 aromatic heterocycles. The lowest BCUT2D eigenvalue weighted by molar-refractivity contribution is 0.327. The summed E-state index contributed by atoms with van der Waals surface area (Å²) in [6.45, 7) is 9.58. The van der Waals surface area contributed by atoms with Crippen LogP contribution in [0.2, 0.25) is 0 Å². The average Bonchev–Trinajstić information content (AvgIpc) is 2.28. The van der Waals surface area contributed by atoms with Crippen LogP contribution < -0.4 is 10.1 Å². The lowest BCUT2D eigenvalue weighted by atomic mass is 10.2. The minimum atomic E-state index is -0.318. The molecule has 2 nitrogen and oxygen atoms in total. The molecule has 0 amide bonds. The van der Waals surface area contributed by atoms with Crippen molar-refractivity contribution in [1.29, 1.82) is 0 Å². The van der Waals surface area contributed by atoms with Crippen molar-refractivity contribution in [2.24, 2.45) is 0 Å². The van der Waals surface area contributed by atoms with Crippen LogP contribution in [0, 0.1) is 5.82 Å². The first-order valence-corrected chi connectivity index (χ1v) is 5.90. The van der Waals surface area contributed by atoms with Crippen LogP contribution in [0.1, 0.15) is 25.8 Å². The second kappa shape index (κ2) is 7.07. The van der Waals surface area contributed by atoms with Crippen molar-refractivity contribution in [1.82, 2.24) is 5.32 Å². The Balaban J connectivity index is 2.73. The molecule has 1 rings (SSSR count). The third kappa shape index (κ3) is 4.57. The molecule has 1 aromatic rings. The molecule has 0 aliphatic rings. The monoisotopic (exact) mass is 237 g/mol. The molecule has 0 aliphatic carbocycles. The van der Waals surface area contributed by atoms with Crippen LogP contribution in [-0.4, -0.2) is 13.2 Å². The predicted molar refractivity (Wildman–Crippen MR) is 68.7 cm³/mol. The molecule has 0 saturated heterocycles. The molecule has 3 heteroatoms. The number of benzene rings is 1. The SMILES string of the molecule is C=C(C)COc1c(F)cccc1CNCCC. The smallest absolute Gasteiger partial charge is 0.165 e. The van der Waals surface area contributed by atoms with E-state index in [-0.39, 0.29) is 5.82 Å². The molecule has 0 aliphatic heterocycles. The molecule has 0 unspecified atom stereocenters. The molecule has 0 radical (unpaired) electrons. The average molecular weight is 237 g/mol. The van der Waals surface area contributed by atoms with Crippen LogP contribution in [0.5, 0.6) is 5.75 Å². The molecule has 1 N–H and O–H groups in total. The first-order chi connectivity index (χ1) is 8.15. The number of halogens is 1. The normalized spacial score (nSPS) is 10.3. The van der Waals surface area contributed by atoms with E-state index in [2.05, 4.69) is 18.8 Å². The van der Waals surface area contributed by atoms with Crippen molar-refractivity contribution in [2.45, 2.75) is 26.8 Å². The molecule has 0 fully saturated rings. The van der Waals surface area contributed by atoms with Crippen molar-refractivity contribution in [3.05, 3.63) is 41.7 Å².